The molecule has 4 aromatic heterocycles. The average Bonchev–Trinajstić information content (AvgIpc) is 3.12. The van der Waals surface area contributed by atoms with Crippen molar-refractivity contribution in [2.24, 2.45) is 0 Å². The number of rotatable bonds is 4. The lowest BCUT2D eigenvalue weighted by molar-refractivity contribution is -0.126. The van der Waals surface area contributed by atoms with Crippen LogP contribution in [-0.4, -0.2) is 67.6 Å². The minimum absolute atomic E-state index is 0.0325. The highest BCUT2D eigenvalue weighted by atomic mass is 35.5. The first-order valence-electron chi connectivity index (χ1n) is 13.5. The molecule has 4 aromatic rings. The highest BCUT2D eigenvalue weighted by Gasteiger charge is 2.37. The van der Waals surface area contributed by atoms with Crippen LogP contribution in [0.2, 0.25) is 5.02 Å². The van der Waals surface area contributed by atoms with Gasteiger partial charge in [-0.05, 0) is 49.1 Å². The number of nitrogens with zero attached hydrogens (tertiary/aromatic N) is 7. The van der Waals surface area contributed by atoms with Crippen LogP contribution in [0, 0.1) is 13.8 Å². The summed E-state index contributed by atoms with van der Waals surface area (Å²) in [6.07, 6.45) is 6.47. The number of hydrogen-bond acceptors (Lipinski definition) is 8. The molecule has 0 spiro atoms. The van der Waals surface area contributed by atoms with E-state index in [-0.39, 0.29) is 24.5 Å². The van der Waals surface area contributed by atoms with Crippen LogP contribution in [0.4, 0.5) is 5.82 Å². The second kappa shape index (κ2) is 10.3. The van der Waals surface area contributed by atoms with Crippen LogP contribution in [0.25, 0.3) is 28.0 Å². The summed E-state index contributed by atoms with van der Waals surface area (Å²) >= 11 is 7.08. The van der Waals surface area contributed by atoms with E-state index in [1.54, 1.807) is 23.5 Å². The number of carbonyl (C=O) groups excluding carboxylic acids is 1. The Morgan fingerprint density at radius 3 is 2.68 bits per heavy atom. The molecule has 1 atom stereocenters. The standard InChI is InChI=1S/C30H30ClN7O3/c1-6-21(39)36-11-12-37-19(14-36)15-41-27-22-28(37)35-30(40)38(26-18(5)8-10-33-24(26)16(2)3)29(22)34-25(23(27)31)20-13-32-9-7-17(20)4/h6-10,13,16,19H,1,11-12,14-15H2,2-5H3/t19-/m0/s1. The molecule has 0 unspecified atom stereocenters. The van der Waals surface area contributed by atoms with Crippen LogP contribution >= 0.6 is 11.6 Å². The van der Waals surface area contributed by atoms with E-state index in [4.69, 9.17) is 21.3 Å². The van der Waals surface area contributed by atoms with E-state index >= 15 is 0 Å². The Kier molecular flexibility index (Phi) is 6.73. The van der Waals surface area contributed by atoms with Crippen molar-refractivity contribution < 1.29 is 9.53 Å². The van der Waals surface area contributed by atoms with E-state index in [0.29, 0.717) is 58.6 Å². The van der Waals surface area contributed by atoms with Crippen molar-refractivity contribution in [1.82, 2.24) is 29.4 Å². The SMILES string of the molecule is C=CC(=O)N1CCN2c3nc(=O)n(-c4c(C)ccnc4C(C)C)c4nc(-c5cnccc5C)c(Cl)c(c34)OC[C@@H]2C1. The first-order valence-corrected chi connectivity index (χ1v) is 13.9. The molecule has 0 aromatic carbocycles. The van der Waals surface area contributed by atoms with Crippen LogP contribution in [0.5, 0.6) is 5.75 Å². The minimum Gasteiger partial charge on any atom is -0.489 e. The van der Waals surface area contributed by atoms with Gasteiger partial charge in [-0.3, -0.25) is 14.8 Å². The van der Waals surface area contributed by atoms with E-state index in [2.05, 4.69) is 21.5 Å². The maximum atomic E-state index is 14.1. The highest BCUT2D eigenvalue weighted by Crippen LogP contribution is 2.45. The first-order chi connectivity index (χ1) is 19.7. The summed E-state index contributed by atoms with van der Waals surface area (Å²) in [5.41, 5.74) is 4.27. The first kappa shape index (κ1) is 26.9. The average molecular weight is 572 g/mol. The number of aromatic nitrogens is 5. The summed E-state index contributed by atoms with van der Waals surface area (Å²) < 4.78 is 7.99. The maximum absolute atomic E-state index is 14.1. The van der Waals surface area contributed by atoms with E-state index in [1.807, 2.05) is 44.7 Å². The molecule has 10 nitrogen and oxygen atoms in total. The Bertz CT molecular complexity index is 1780. The zero-order valence-electron chi connectivity index (χ0n) is 23.4. The smallest absolute Gasteiger partial charge is 0.355 e. The van der Waals surface area contributed by atoms with Gasteiger partial charge in [0.15, 0.2) is 11.4 Å². The van der Waals surface area contributed by atoms with E-state index in [0.717, 1.165) is 22.4 Å². The lowest BCUT2D eigenvalue weighted by Gasteiger charge is -2.40. The molecule has 1 amide bonds. The van der Waals surface area contributed by atoms with Gasteiger partial charge in [-0.25, -0.2) is 14.3 Å². The van der Waals surface area contributed by atoms with Crippen molar-refractivity contribution in [2.75, 3.05) is 31.1 Å². The second-order valence-corrected chi connectivity index (χ2v) is 11.1. The third-order valence-electron chi connectivity index (χ3n) is 7.78. The Morgan fingerprint density at radius 2 is 1.95 bits per heavy atom. The monoisotopic (exact) mass is 571 g/mol. The second-order valence-electron chi connectivity index (χ2n) is 10.7. The topological polar surface area (TPSA) is 106 Å². The van der Waals surface area contributed by atoms with Gasteiger partial charge in [0.05, 0.1) is 23.1 Å². The number of aryl methyl sites for hydroxylation is 2. The fourth-order valence-corrected chi connectivity index (χ4v) is 5.98. The molecule has 210 valence electrons. The van der Waals surface area contributed by atoms with Crippen LogP contribution in [0.3, 0.4) is 0 Å². The quantitative estimate of drug-likeness (QED) is 0.335. The van der Waals surface area contributed by atoms with Gasteiger partial charge < -0.3 is 14.5 Å². The minimum atomic E-state index is -0.481. The Hall–Kier alpha value is -4.31. The Morgan fingerprint density at radius 1 is 1.17 bits per heavy atom. The van der Waals surface area contributed by atoms with Crippen LogP contribution in [-0.2, 0) is 4.79 Å². The number of anilines is 1. The molecule has 0 bridgehead atoms. The molecular formula is C30H30ClN7O3. The van der Waals surface area contributed by atoms with Gasteiger partial charge in [-0.2, -0.15) is 4.98 Å². The zero-order valence-corrected chi connectivity index (χ0v) is 24.1. The number of hydrogen-bond donors (Lipinski definition) is 0. The molecule has 1 saturated heterocycles. The lowest BCUT2D eigenvalue weighted by atomic mass is 10.0. The molecule has 2 aliphatic rings. The van der Waals surface area contributed by atoms with E-state index < -0.39 is 5.69 Å². The van der Waals surface area contributed by atoms with Crippen LogP contribution in [0.1, 0.15) is 36.6 Å². The molecule has 6 rings (SSSR count). The number of pyridine rings is 3. The van der Waals surface area contributed by atoms with Gasteiger partial charge >= 0.3 is 5.69 Å². The van der Waals surface area contributed by atoms with E-state index in [1.165, 1.54) is 10.6 Å². The van der Waals surface area contributed by atoms with Crippen molar-refractivity contribution >= 4 is 34.4 Å². The van der Waals surface area contributed by atoms with Gasteiger partial charge in [0.25, 0.3) is 0 Å². The summed E-state index contributed by atoms with van der Waals surface area (Å²) in [4.78, 5) is 48.9. The predicted octanol–water partition coefficient (Wildman–Crippen LogP) is 4.23. The van der Waals surface area contributed by atoms with Crippen molar-refractivity contribution in [3.8, 4) is 22.7 Å². The largest absolute Gasteiger partial charge is 0.489 e. The number of piperazine rings is 1. The Labute approximate surface area is 242 Å². The van der Waals surface area contributed by atoms with Crippen molar-refractivity contribution in [3.63, 3.8) is 0 Å². The summed E-state index contributed by atoms with van der Waals surface area (Å²) in [5.74, 6) is 0.725. The number of halogens is 1. The van der Waals surface area contributed by atoms with Gasteiger partial charge in [0, 0.05) is 43.8 Å². The Balaban J connectivity index is 1.70. The fraction of sp³-hybridized carbons (Fsp3) is 0.333. The van der Waals surface area contributed by atoms with Crippen molar-refractivity contribution in [1.29, 1.82) is 0 Å². The van der Waals surface area contributed by atoms with Crippen LogP contribution < -0.4 is 15.3 Å². The third-order valence-corrected chi connectivity index (χ3v) is 8.13. The molecule has 0 N–H and O–H groups in total. The number of ether oxygens (including phenoxy) is 1. The summed E-state index contributed by atoms with van der Waals surface area (Å²) in [6.45, 7) is 13.1. The van der Waals surface area contributed by atoms with Crippen molar-refractivity contribution in [3.05, 3.63) is 75.7 Å². The highest BCUT2D eigenvalue weighted by molar-refractivity contribution is 6.36. The maximum Gasteiger partial charge on any atom is 0.355 e. The van der Waals surface area contributed by atoms with Gasteiger partial charge in [0.1, 0.15) is 22.8 Å². The molecule has 6 heterocycles. The van der Waals surface area contributed by atoms with Gasteiger partial charge in [-0.1, -0.05) is 32.0 Å². The number of fused-ring (bicyclic) bond motifs is 2. The normalized spacial score (nSPS) is 16.4. The molecule has 0 saturated carbocycles. The third kappa shape index (κ3) is 4.33. The summed E-state index contributed by atoms with van der Waals surface area (Å²) in [6, 6.07) is 3.50. The summed E-state index contributed by atoms with van der Waals surface area (Å²) in [7, 11) is 0. The molecule has 41 heavy (non-hydrogen) atoms. The number of amides is 1. The van der Waals surface area contributed by atoms with Crippen molar-refractivity contribution in [2.45, 2.75) is 39.7 Å². The molecule has 11 heteroatoms. The number of carbonyl (C=O) groups is 1. The predicted molar refractivity (Wildman–Crippen MR) is 158 cm³/mol. The van der Waals surface area contributed by atoms with E-state index in [9.17, 15) is 9.59 Å². The summed E-state index contributed by atoms with van der Waals surface area (Å²) in [5, 5.41) is 0.858. The molecule has 1 fully saturated rings. The van der Waals surface area contributed by atoms with Gasteiger partial charge in [-0.15, -0.1) is 0 Å². The van der Waals surface area contributed by atoms with Crippen LogP contribution in [0.15, 0.2) is 48.2 Å². The van der Waals surface area contributed by atoms with Gasteiger partial charge in [0.2, 0.25) is 5.91 Å². The molecular weight excluding hydrogens is 542 g/mol. The lowest BCUT2D eigenvalue weighted by Crippen LogP contribution is -2.56. The fourth-order valence-electron chi connectivity index (χ4n) is 5.69. The molecule has 2 aliphatic heterocycles. The molecule has 0 aliphatic carbocycles. The molecule has 0 radical (unpaired) electrons. The zero-order chi connectivity index (χ0) is 29.0.